The zero-order valence-corrected chi connectivity index (χ0v) is 13.0. The number of nitrogens with one attached hydrogen (secondary N) is 1. The molecule has 3 aromatic rings. The number of aromatic nitrogens is 3. The minimum atomic E-state index is -4.39. The van der Waals surface area contributed by atoms with E-state index in [1.165, 1.54) is 23.5 Å². The SMILES string of the molecule is Cc1[nH]nc(-c2nc(-c3ccc(C(F)(F)F)cc3)cs2)c1C(=O)O. The van der Waals surface area contributed by atoms with Gasteiger partial charge in [-0.05, 0) is 19.1 Å². The third-order valence-corrected chi connectivity index (χ3v) is 4.22. The van der Waals surface area contributed by atoms with Crippen LogP contribution in [0.1, 0.15) is 21.6 Å². The lowest BCUT2D eigenvalue weighted by Crippen LogP contribution is -2.04. The van der Waals surface area contributed by atoms with E-state index in [-0.39, 0.29) is 11.3 Å². The first-order valence-electron chi connectivity index (χ1n) is 6.69. The highest BCUT2D eigenvalue weighted by atomic mass is 32.1. The number of nitrogens with zero attached hydrogens (tertiary/aromatic N) is 2. The van der Waals surface area contributed by atoms with Crippen LogP contribution in [0.4, 0.5) is 13.2 Å². The van der Waals surface area contributed by atoms with Crippen LogP contribution < -0.4 is 0 Å². The van der Waals surface area contributed by atoms with E-state index < -0.39 is 17.7 Å². The average Bonchev–Trinajstić information content (AvgIpc) is 3.12. The first-order chi connectivity index (χ1) is 11.3. The highest BCUT2D eigenvalue weighted by molar-refractivity contribution is 7.13. The Morgan fingerprint density at radius 1 is 1.25 bits per heavy atom. The summed E-state index contributed by atoms with van der Waals surface area (Å²) in [6, 6.07) is 4.62. The summed E-state index contributed by atoms with van der Waals surface area (Å²) in [5.74, 6) is -1.12. The number of thiazole rings is 1. The third-order valence-electron chi connectivity index (χ3n) is 3.38. The second kappa shape index (κ2) is 5.75. The Morgan fingerprint density at radius 2 is 1.92 bits per heavy atom. The van der Waals surface area contributed by atoms with E-state index in [4.69, 9.17) is 0 Å². The normalized spacial score (nSPS) is 11.7. The molecule has 24 heavy (non-hydrogen) atoms. The number of aromatic carboxylic acids is 1. The number of halogens is 3. The number of alkyl halides is 3. The molecule has 0 spiro atoms. The quantitative estimate of drug-likeness (QED) is 0.739. The molecule has 0 amide bonds. The van der Waals surface area contributed by atoms with Gasteiger partial charge in [0.2, 0.25) is 0 Å². The van der Waals surface area contributed by atoms with Crippen molar-refractivity contribution in [2.75, 3.05) is 0 Å². The molecular formula is C15H10F3N3O2S. The fraction of sp³-hybridized carbons (Fsp3) is 0.133. The number of hydrogen-bond donors (Lipinski definition) is 2. The van der Waals surface area contributed by atoms with Gasteiger partial charge in [0.25, 0.3) is 0 Å². The molecule has 9 heteroatoms. The van der Waals surface area contributed by atoms with E-state index >= 15 is 0 Å². The van der Waals surface area contributed by atoms with Crippen LogP contribution in [0.25, 0.3) is 22.0 Å². The molecule has 2 aromatic heterocycles. The topological polar surface area (TPSA) is 78.9 Å². The summed E-state index contributed by atoms with van der Waals surface area (Å²) in [6.45, 7) is 1.59. The van der Waals surface area contributed by atoms with E-state index in [9.17, 15) is 23.1 Å². The van der Waals surface area contributed by atoms with E-state index in [0.717, 1.165) is 12.1 Å². The van der Waals surface area contributed by atoms with Crippen molar-refractivity contribution in [3.05, 3.63) is 46.5 Å². The first kappa shape index (κ1) is 16.2. The molecule has 0 aliphatic heterocycles. The lowest BCUT2D eigenvalue weighted by Gasteiger charge is -2.06. The number of carboxylic acids is 1. The number of aromatic amines is 1. The van der Waals surface area contributed by atoms with Crippen molar-refractivity contribution < 1.29 is 23.1 Å². The Bertz CT molecular complexity index is 898. The summed E-state index contributed by atoms with van der Waals surface area (Å²) in [6.07, 6.45) is -4.39. The minimum Gasteiger partial charge on any atom is -0.478 e. The molecule has 124 valence electrons. The maximum atomic E-state index is 12.6. The molecule has 0 aliphatic carbocycles. The number of rotatable bonds is 3. The summed E-state index contributed by atoms with van der Waals surface area (Å²) < 4.78 is 37.8. The summed E-state index contributed by atoms with van der Waals surface area (Å²) in [7, 11) is 0. The lowest BCUT2D eigenvalue weighted by molar-refractivity contribution is -0.137. The molecule has 5 nitrogen and oxygen atoms in total. The number of benzene rings is 1. The fourth-order valence-corrected chi connectivity index (χ4v) is 3.01. The molecule has 0 fully saturated rings. The van der Waals surface area contributed by atoms with Gasteiger partial charge in [0.15, 0.2) is 0 Å². The third kappa shape index (κ3) is 2.90. The summed E-state index contributed by atoms with van der Waals surface area (Å²) >= 11 is 1.17. The smallest absolute Gasteiger partial charge is 0.416 e. The lowest BCUT2D eigenvalue weighted by atomic mass is 10.1. The van der Waals surface area contributed by atoms with Gasteiger partial charge in [0.05, 0.1) is 11.3 Å². The number of H-pyrrole nitrogens is 1. The van der Waals surface area contributed by atoms with Gasteiger partial charge in [-0.15, -0.1) is 11.3 Å². The average molecular weight is 353 g/mol. The maximum Gasteiger partial charge on any atom is 0.416 e. The monoisotopic (exact) mass is 353 g/mol. The molecule has 0 saturated carbocycles. The van der Waals surface area contributed by atoms with Crippen LogP contribution in [0, 0.1) is 6.92 Å². The van der Waals surface area contributed by atoms with Crippen LogP contribution in [0.3, 0.4) is 0 Å². The molecule has 0 bridgehead atoms. The Balaban J connectivity index is 1.96. The Kier molecular flexibility index (Phi) is 3.88. The summed E-state index contributed by atoms with van der Waals surface area (Å²) in [4.78, 5) is 15.6. The molecule has 0 radical (unpaired) electrons. The summed E-state index contributed by atoms with van der Waals surface area (Å²) in [5.41, 5.74) is 0.878. The fourth-order valence-electron chi connectivity index (χ4n) is 2.19. The van der Waals surface area contributed by atoms with Crippen molar-refractivity contribution >= 4 is 17.3 Å². The van der Waals surface area contributed by atoms with Crippen molar-refractivity contribution in [2.45, 2.75) is 13.1 Å². The number of hydrogen-bond acceptors (Lipinski definition) is 4. The van der Waals surface area contributed by atoms with Gasteiger partial charge in [0.1, 0.15) is 16.3 Å². The van der Waals surface area contributed by atoms with Crippen molar-refractivity contribution in [1.29, 1.82) is 0 Å². The molecule has 2 N–H and O–H groups in total. The van der Waals surface area contributed by atoms with Crippen LogP contribution in [-0.2, 0) is 6.18 Å². The van der Waals surface area contributed by atoms with Gasteiger partial charge in [-0.25, -0.2) is 9.78 Å². The molecular weight excluding hydrogens is 343 g/mol. The number of carboxylic acid groups (broad SMARTS) is 1. The zero-order valence-electron chi connectivity index (χ0n) is 12.2. The van der Waals surface area contributed by atoms with Gasteiger partial charge in [-0.3, -0.25) is 5.10 Å². The molecule has 1 aromatic carbocycles. The van der Waals surface area contributed by atoms with Crippen molar-refractivity contribution in [3.8, 4) is 22.0 Å². The van der Waals surface area contributed by atoms with Gasteiger partial charge >= 0.3 is 12.1 Å². The standard InChI is InChI=1S/C15H10F3N3O2S/c1-7-11(14(22)23)12(21-20-7)13-19-10(6-24-13)8-2-4-9(5-3-8)15(16,17)18/h2-6H,1H3,(H,20,21)(H,22,23). The highest BCUT2D eigenvalue weighted by Crippen LogP contribution is 2.33. The van der Waals surface area contributed by atoms with E-state index in [1.807, 2.05) is 0 Å². The van der Waals surface area contributed by atoms with E-state index in [1.54, 1.807) is 12.3 Å². The van der Waals surface area contributed by atoms with Crippen LogP contribution in [-0.4, -0.2) is 26.3 Å². The molecule has 0 atom stereocenters. The van der Waals surface area contributed by atoms with E-state index in [0.29, 0.717) is 22.0 Å². The highest BCUT2D eigenvalue weighted by Gasteiger charge is 2.30. The molecule has 2 heterocycles. The Morgan fingerprint density at radius 3 is 2.50 bits per heavy atom. The maximum absolute atomic E-state index is 12.6. The second-order valence-corrected chi connectivity index (χ2v) is 5.85. The zero-order chi connectivity index (χ0) is 17.5. The molecule has 0 saturated heterocycles. The minimum absolute atomic E-state index is 0.0309. The van der Waals surface area contributed by atoms with Crippen molar-refractivity contribution in [1.82, 2.24) is 15.2 Å². The van der Waals surface area contributed by atoms with Gasteiger partial charge in [0, 0.05) is 16.6 Å². The van der Waals surface area contributed by atoms with Crippen molar-refractivity contribution in [2.24, 2.45) is 0 Å². The predicted octanol–water partition coefficient (Wildman–Crippen LogP) is 4.23. The Labute approximate surface area is 137 Å². The second-order valence-electron chi connectivity index (χ2n) is 4.99. The van der Waals surface area contributed by atoms with Crippen LogP contribution in [0.2, 0.25) is 0 Å². The molecule has 3 rings (SSSR count). The van der Waals surface area contributed by atoms with Gasteiger partial charge in [-0.1, -0.05) is 12.1 Å². The van der Waals surface area contributed by atoms with Gasteiger partial charge in [-0.2, -0.15) is 18.3 Å². The number of aryl methyl sites for hydroxylation is 1. The molecule has 0 aliphatic rings. The van der Waals surface area contributed by atoms with E-state index in [2.05, 4.69) is 15.2 Å². The van der Waals surface area contributed by atoms with Crippen LogP contribution >= 0.6 is 11.3 Å². The number of carbonyl (C=O) groups is 1. The van der Waals surface area contributed by atoms with Gasteiger partial charge < -0.3 is 5.11 Å². The van der Waals surface area contributed by atoms with Crippen LogP contribution in [0.15, 0.2) is 29.6 Å². The largest absolute Gasteiger partial charge is 0.478 e. The van der Waals surface area contributed by atoms with Crippen LogP contribution in [0.5, 0.6) is 0 Å². The Hall–Kier alpha value is -2.68. The van der Waals surface area contributed by atoms with Crippen molar-refractivity contribution in [3.63, 3.8) is 0 Å². The molecule has 0 unspecified atom stereocenters. The first-order valence-corrected chi connectivity index (χ1v) is 7.57. The summed E-state index contributed by atoms with van der Waals surface area (Å²) in [5, 5.41) is 17.8. The predicted molar refractivity (Wildman–Crippen MR) is 81.8 cm³/mol.